The largest absolute Gasteiger partial charge is 0.496 e. The third-order valence-electron chi connectivity index (χ3n) is 4.82. The lowest BCUT2D eigenvalue weighted by Crippen LogP contribution is -2.41. The number of hydrogen-bond acceptors (Lipinski definition) is 3. The Morgan fingerprint density at radius 3 is 2.26 bits per heavy atom. The number of para-hydroxylation sites is 1. The quantitative estimate of drug-likeness (QED) is 0.590. The van der Waals surface area contributed by atoms with E-state index in [9.17, 15) is 0 Å². The van der Waals surface area contributed by atoms with E-state index in [0.717, 1.165) is 16.8 Å². The fourth-order valence-electron chi connectivity index (χ4n) is 2.62. The number of ether oxygens (including phenoxy) is 1. The molecule has 0 N–H and O–H groups in total. The van der Waals surface area contributed by atoms with Crippen LogP contribution in [0.25, 0.3) is 0 Å². The third-order valence-corrected chi connectivity index (χ3v) is 4.82. The van der Waals surface area contributed by atoms with Gasteiger partial charge in [0.05, 0.1) is 18.3 Å². The molecule has 1 aromatic carbocycles. The molecule has 1 aliphatic rings. The van der Waals surface area contributed by atoms with E-state index in [0.29, 0.717) is 0 Å². The minimum atomic E-state index is -0.336. The second-order valence-electron chi connectivity index (χ2n) is 7.00. The maximum Gasteiger partial charge on any atom is 0.489 e. The first kappa shape index (κ1) is 17.8. The Kier molecular flexibility index (Phi) is 5.07. The van der Waals surface area contributed by atoms with Crippen LogP contribution in [-0.2, 0) is 9.31 Å². The number of methoxy groups -OCH3 is 1. The predicted octanol–water partition coefficient (Wildman–Crippen LogP) is 4.54. The number of hydrogen-bond donors (Lipinski definition) is 0. The van der Waals surface area contributed by atoms with Gasteiger partial charge in [0.2, 0.25) is 0 Å². The van der Waals surface area contributed by atoms with Crippen molar-refractivity contribution >= 4 is 7.12 Å². The monoisotopic (exact) mass is 314 g/mol. The van der Waals surface area contributed by atoms with Gasteiger partial charge in [0.1, 0.15) is 5.75 Å². The Balaban J connectivity index is 2.27. The first-order valence-electron chi connectivity index (χ1n) is 8.01. The second-order valence-corrected chi connectivity index (χ2v) is 7.00. The Morgan fingerprint density at radius 2 is 1.74 bits per heavy atom. The van der Waals surface area contributed by atoms with Gasteiger partial charge in [-0.05, 0) is 46.2 Å². The average molecular weight is 314 g/mol. The molecule has 124 valence electrons. The SMILES string of the molecule is C=C[C@@H](/C=C(\C)B1OC(C)(C)C(C)(C)O1)c1ccccc1OC. The lowest BCUT2D eigenvalue weighted by molar-refractivity contribution is 0.00578. The van der Waals surface area contributed by atoms with Gasteiger partial charge in [0.25, 0.3) is 0 Å². The maximum absolute atomic E-state index is 6.11. The first-order valence-corrected chi connectivity index (χ1v) is 8.01. The highest BCUT2D eigenvalue weighted by Gasteiger charge is 2.51. The van der Waals surface area contributed by atoms with Crippen LogP contribution in [0.1, 0.15) is 46.1 Å². The van der Waals surface area contributed by atoms with E-state index >= 15 is 0 Å². The standard InChI is InChI=1S/C19H27BO3/c1-8-15(16-11-9-10-12-17(16)21-7)13-14(2)20-22-18(3,4)19(5,6)23-20/h8-13,15H,1H2,2-7H3/b14-13+/t15-/m0/s1. The summed E-state index contributed by atoms with van der Waals surface area (Å²) in [7, 11) is 1.35. The molecule has 0 amide bonds. The van der Waals surface area contributed by atoms with Crippen LogP contribution in [0, 0.1) is 0 Å². The smallest absolute Gasteiger partial charge is 0.489 e. The van der Waals surface area contributed by atoms with Crippen LogP contribution in [0.4, 0.5) is 0 Å². The van der Waals surface area contributed by atoms with Crippen molar-refractivity contribution in [3.8, 4) is 5.75 Å². The molecule has 0 spiro atoms. The molecular weight excluding hydrogens is 287 g/mol. The van der Waals surface area contributed by atoms with Gasteiger partial charge in [-0.15, -0.1) is 6.58 Å². The van der Waals surface area contributed by atoms with Crippen LogP contribution in [0.15, 0.2) is 48.5 Å². The molecule has 0 saturated carbocycles. The molecule has 23 heavy (non-hydrogen) atoms. The minimum Gasteiger partial charge on any atom is -0.496 e. The van der Waals surface area contributed by atoms with Gasteiger partial charge in [-0.2, -0.15) is 0 Å². The third kappa shape index (κ3) is 3.54. The summed E-state index contributed by atoms with van der Waals surface area (Å²) < 4.78 is 17.7. The lowest BCUT2D eigenvalue weighted by atomic mass is 9.77. The summed E-state index contributed by atoms with van der Waals surface area (Å²) in [6.07, 6.45) is 4.04. The van der Waals surface area contributed by atoms with Gasteiger partial charge in [-0.3, -0.25) is 0 Å². The van der Waals surface area contributed by atoms with Crippen molar-refractivity contribution in [3.63, 3.8) is 0 Å². The molecule has 1 saturated heterocycles. The average Bonchev–Trinajstić information content (AvgIpc) is 2.73. The highest BCUT2D eigenvalue weighted by Crippen LogP contribution is 2.39. The summed E-state index contributed by atoms with van der Waals surface area (Å²) >= 11 is 0. The Morgan fingerprint density at radius 1 is 1.17 bits per heavy atom. The van der Waals surface area contributed by atoms with Gasteiger partial charge in [-0.1, -0.05) is 30.4 Å². The molecule has 4 heteroatoms. The fourth-order valence-corrected chi connectivity index (χ4v) is 2.62. The Labute approximate surface area is 140 Å². The van der Waals surface area contributed by atoms with E-state index in [1.54, 1.807) is 7.11 Å². The molecular formula is C19H27BO3. The van der Waals surface area contributed by atoms with Gasteiger partial charge < -0.3 is 14.0 Å². The van der Waals surface area contributed by atoms with Crippen LogP contribution < -0.4 is 4.74 Å². The molecule has 2 rings (SSSR count). The Hall–Kier alpha value is -1.52. The van der Waals surface area contributed by atoms with E-state index in [1.165, 1.54) is 0 Å². The van der Waals surface area contributed by atoms with E-state index in [1.807, 2.05) is 31.2 Å². The summed E-state index contributed by atoms with van der Waals surface area (Å²) in [5, 5.41) is 0. The molecule has 0 bridgehead atoms. The zero-order valence-electron chi connectivity index (χ0n) is 15.1. The van der Waals surface area contributed by atoms with E-state index in [-0.39, 0.29) is 24.2 Å². The van der Waals surface area contributed by atoms with E-state index in [4.69, 9.17) is 14.0 Å². The molecule has 1 atom stereocenters. The van der Waals surface area contributed by atoms with Crippen LogP contribution in [0.5, 0.6) is 5.75 Å². The first-order chi connectivity index (χ1) is 10.7. The highest BCUT2D eigenvalue weighted by atomic mass is 16.7. The van der Waals surface area contributed by atoms with Gasteiger partial charge >= 0.3 is 7.12 Å². The van der Waals surface area contributed by atoms with Gasteiger partial charge in [0, 0.05) is 11.5 Å². The molecule has 0 unspecified atom stereocenters. The fraction of sp³-hybridized carbons (Fsp3) is 0.474. The van der Waals surface area contributed by atoms with Crippen LogP contribution in [0.2, 0.25) is 0 Å². The number of benzene rings is 1. The minimum absolute atomic E-state index is 0.0465. The van der Waals surface area contributed by atoms with Crippen LogP contribution >= 0.6 is 0 Å². The van der Waals surface area contributed by atoms with Crippen molar-refractivity contribution < 1.29 is 14.0 Å². The lowest BCUT2D eigenvalue weighted by Gasteiger charge is -2.32. The molecule has 1 fully saturated rings. The van der Waals surface area contributed by atoms with Crippen molar-refractivity contribution in [1.82, 2.24) is 0 Å². The summed E-state index contributed by atoms with van der Waals surface area (Å²) in [5.74, 6) is 0.903. The molecule has 0 aliphatic carbocycles. The molecule has 0 aromatic heterocycles. The van der Waals surface area contributed by atoms with E-state index < -0.39 is 0 Å². The topological polar surface area (TPSA) is 27.7 Å². The Bertz CT molecular complexity index is 588. The second kappa shape index (κ2) is 6.54. The van der Waals surface area contributed by atoms with Crippen molar-refractivity contribution in [2.45, 2.75) is 51.7 Å². The van der Waals surface area contributed by atoms with Crippen molar-refractivity contribution in [1.29, 1.82) is 0 Å². The van der Waals surface area contributed by atoms with Gasteiger partial charge in [0.15, 0.2) is 0 Å². The van der Waals surface area contributed by atoms with Crippen molar-refractivity contribution in [2.75, 3.05) is 7.11 Å². The van der Waals surface area contributed by atoms with Crippen molar-refractivity contribution in [2.24, 2.45) is 0 Å². The number of allylic oxidation sites excluding steroid dienone is 3. The normalized spacial score (nSPS) is 21.1. The maximum atomic E-state index is 6.11. The molecule has 1 aliphatic heterocycles. The zero-order chi connectivity index (χ0) is 17.3. The summed E-state index contributed by atoms with van der Waals surface area (Å²) in [6, 6.07) is 7.99. The molecule has 3 nitrogen and oxygen atoms in total. The highest BCUT2D eigenvalue weighted by molar-refractivity contribution is 6.54. The molecule has 1 aromatic rings. The zero-order valence-corrected chi connectivity index (χ0v) is 15.1. The van der Waals surface area contributed by atoms with Gasteiger partial charge in [-0.25, -0.2) is 0 Å². The summed E-state index contributed by atoms with van der Waals surface area (Å²) in [4.78, 5) is 0. The predicted molar refractivity (Wildman–Crippen MR) is 95.8 cm³/mol. The summed E-state index contributed by atoms with van der Waals surface area (Å²) in [5.41, 5.74) is 1.46. The van der Waals surface area contributed by atoms with Crippen LogP contribution in [0.3, 0.4) is 0 Å². The summed E-state index contributed by atoms with van der Waals surface area (Å²) in [6.45, 7) is 14.2. The molecule has 1 heterocycles. The van der Waals surface area contributed by atoms with E-state index in [2.05, 4.69) is 46.4 Å². The van der Waals surface area contributed by atoms with Crippen LogP contribution in [-0.4, -0.2) is 25.4 Å². The van der Waals surface area contributed by atoms with Crippen molar-refractivity contribution in [3.05, 3.63) is 54.0 Å². The number of rotatable bonds is 5. The molecule has 0 radical (unpaired) electrons.